The summed E-state index contributed by atoms with van der Waals surface area (Å²) in [5, 5.41) is 6.27. The van der Waals surface area contributed by atoms with Crippen molar-refractivity contribution >= 4 is 11.6 Å². The fraction of sp³-hybridized carbons (Fsp3) is 0.667. The van der Waals surface area contributed by atoms with Crippen LogP contribution in [-0.2, 0) is 4.79 Å². The summed E-state index contributed by atoms with van der Waals surface area (Å²) >= 11 is 0. The lowest BCUT2D eigenvalue weighted by Gasteiger charge is -2.06. The topological polar surface area (TPSA) is 41.1 Å². The van der Waals surface area contributed by atoms with Crippen LogP contribution in [0.4, 0.5) is 5.69 Å². The van der Waals surface area contributed by atoms with Crippen molar-refractivity contribution in [3.05, 3.63) is 30.3 Å². The molecule has 1 aromatic carbocycles. The van der Waals surface area contributed by atoms with E-state index in [1.54, 1.807) is 0 Å². The van der Waals surface area contributed by atoms with Crippen LogP contribution in [0.25, 0.3) is 0 Å². The fourth-order valence-corrected chi connectivity index (χ4v) is 2.81. The van der Waals surface area contributed by atoms with Crippen LogP contribution in [0.1, 0.15) is 77.6 Å². The molecule has 2 N–H and O–H groups in total. The highest BCUT2D eigenvalue weighted by atomic mass is 16.1. The van der Waals surface area contributed by atoms with Crippen molar-refractivity contribution in [1.82, 2.24) is 5.32 Å². The molecule has 0 unspecified atom stereocenters. The molecule has 0 spiro atoms. The Morgan fingerprint density at radius 2 is 1.38 bits per heavy atom. The minimum atomic E-state index is 0.0803. The molecule has 3 heteroatoms. The number of hydrogen-bond donors (Lipinski definition) is 2. The van der Waals surface area contributed by atoms with E-state index in [9.17, 15) is 4.79 Å². The molecule has 136 valence electrons. The van der Waals surface area contributed by atoms with E-state index in [2.05, 4.69) is 17.6 Å². The fourth-order valence-electron chi connectivity index (χ4n) is 2.81. The van der Waals surface area contributed by atoms with Gasteiger partial charge in [-0.05, 0) is 25.1 Å². The summed E-state index contributed by atoms with van der Waals surface area (Å²) in [6.45, 7) is 4.05. The molecule has 0 aliphatic carbocycles. The molecule has 1 rings (SSSR count). The predicted molar refractivity (Wildman–Crippen MR) is 104 cm³/mol. The third-order valence-corrected chi connectivity index (χ3v) is 4.29. The summed E-state index contributed by atoms with van der Waals surface area (Å²) in [6, 6.07) is 9.63. The highest BCUT2D eigenvalue weighted by Gasteiger charge is 2.01. The van der Waals surface area contributed by atoms with Gasteiger partial charge < -0.3 is 10.6 Å². The third-order valence-electron chi connectivity index (χ3n) is 4.29. The molecule has 0 radical (unpaired) electrons. The first-order valence-corrected chi connectivity index (χ1v) is 9.88. The van der Waals surface area contributed by atoms with Crippen LogP contribution >= 0.6 is 0 Å². The summed E-state index contributed by atoms with van der Waals surface area (Å²) in [5.74, 6) is 0.0803. The van der Waals surface area contributed by atoms with Crippen molar-refractivity contribution < 1.29 is 4.79 Å². The molecule has 0 saturated heterocycles. The van der Waals surface area contributed by atoms with Crippen LogP contribution in [0.15, 0.2) is 30.3 Å². The first-order chi connectivity index (χ1) is 11.8. The Hall–Kier alpha value is -1.35. The number of amides is 1. The number of hydrogen-bond acceptors (Lipinski definition) is 2. The average Bonchev–Trinajstić information content (AvgIpc) is 2.60. The number of nitrogens with one attached hydrogen (secondary N) is 2. The van der Waals surface area contributed by atoms with Gasteiger partial charge in [-0.25, -0.2) is 0 Å². The second-order valence-corrected chi connectivity index (χ2v) is 6.60. The SMILES string of the molecule is CCCCCCCCCCCCNCCC(=O)Nc1ccccc1. The van der Waals surface area contributed by atoms with E-state index < -0.39 is 0 Å². The number of rotatable bonds is 15. The third kappa shape index (κ3) is 12.1. The Kier molecular flexibility index (Phi) is 13.1. The molecule has 0 atom stereocenters. The molecular weight excluding hydrogens is 296 g/mol. The van der Waals surface area contributed by atoms with E-state index in [1.165, 1.54) is 64.2 Å². The molecular formula is C21H36N2O. The van der Waals surface area contributed by atoms with Gasteiger partial charge in [0.05, 0.1) is 0 Å². The Morgan fingerprint density at radius 1 is 0.792 bits per heavy atom. The van der Waals surface area contributed by atoms with E-state index in [-0.39, 0.29) is 5.91 Å². The first-order valence-electron chi connectivity index (χ1n) is 9.88. The Labute approximate surface area is 148 Å². The van der Waals surface area contributed by atoms with E-state index in [4.69, 9.17) is 0 Å². The summed E-state index contributed by atoms with van der Waals surface area (Å²) in [6.07, 6.45) is 14.2. The number of benzene rings is 1. The molecule has 0 aromatic heterocycles. The summed E-state index contributed by atoms with van der Waals surface area (Å²) < 4.78 is 0. The summed E-state index contributed by atoms with van der Waals surface area (Å²) in [4.78, 5) is 11.8. The van der Waals surface area contributed by atoms with Crippen molar-refractivity contribution in [3.63, 3.8) is 0 Å². The van der Waals surface area contributed by atoms with Crippen molar-refractivity contribution in [2.24, 2.45) is 0 Å². The van der Waals surface area contributed by atoms with E-state index in [0.717, 1.165) is 18.8 Å². The zero-order valence-corrected chi connectivity index (χ0v) is 15.5. The monoisotopic (exact) mass is 332 g/mol. The lowest BCUT2D eigenvalue weighted by molar-refractivity contribution is -0.116. The average molecular weight is 333 g/mol. The van der Waals surface area contributed by atoms with Gasteiger partial charge in [0, 0.05) is 18.7 Å². The van der Waals surface area contributed by atoms with Gasteiger partial charge in [0.2, 0.25) is 5.91 Å². The van der Waals surface area contributed by atoms with E-state index >= 15 is 0 Å². The molecule has 24 heavy (non-hydrogen) atoms. The maximum atomic E-state index is 11.8. The Bertz CT molecular complexity index is 406. The molecule has 0 bridgehead atoms. The second kappa shape index (κ2) is 15.2. The van der Waals surface area contributed by atoms with Gasteiger partial charge in [-0.1, -0.05) is 82.9 Å². The standard InChI is InChI=1S/C21H36N2O/c1-2-3-4-5-6-7-8-9-10-14-18-22-19-17-21(24)23-20-15-12-11-13-16-20/h11-13,15-16,22H,2-10,14,17-19H2,1H3,(H,23,24). The highest BCUT2D eigenvalue weighted by Crippen LogP contribution is 2.10. The van der Waals surface area contributed by atoms with Crippen molar-refractivity contribution in [2.75, 3.05) is 18.4 Å². The van der Waals surface area contributed by atoms with Gasteiger partial charge in [-0.2, -0.15) is 0 Å². The number of carbonyl (C=O) groups excluding carboxylic acids is 1. The molecule has 3 nitrogen and oxygen atoms in total. The van der Waals surface area contributed by atoms with Crippen molar-refractivity contribution in [1.29, 1.82) is 0 Å². The molecule has 0 heterocycles. The zero-order valence-electron chi connectivity index (χ0n) is 15.5. The molecule has 0 aliphatic rings. The Morgan fingerprint density at radius 3 is 2.00 bits per heavy atom. The molecule has 1 aromatic rings. The lowest BCUT2D eigenvalue weighted by atomic mass is 10.1. The van der Waals surface area contributed by atoms with Crippen LogP contribution in [0.5, 0.6) is 0 Å². The molecule has 0 fully saturated rings. The van der Waals surface area contributed by atoms with Crippen LogP contribution in [0.3, 0.4) is 0 Å². The van der Waals surface area contributed by atoms with Gasteiger partial charge in [0.25, 0.3) is 0 Å². The maximum absolute atomic E-state index is 11.8. The minimum Gasteiger partial charge on any atom is -0.326 e. The maximum Gasteiger partial charge on any atom is 0.225 e. The van der Waals surface area contributed by atoms with Crippen molar-refractivity contribution in [2.45, 2.75) is 77.6 Å². The molecule has 1 amide bonds. The van der Waals surface area contributed by atoms with Gasteiger partial charge >= 0.3 is 0 Å². The van der Waals surface area contributed by atoms with Crippen LogP contribution < -0.4 is 10.6 Å². The van der Waals surface area contributed by atoms with Crippen LogP contribution in [-0.4, -0.2) is 19.0 Å². The lowest BCUT2D eigenvalue weighted by Crippen LogP contribution is -2.22. The van der Waals surface area contributed by atoms with Crippen LogP contribution in [0.2, 0.25) is 0 Å². The number of anilines is 1. The van der Waals surface area contributed by atoms with Crippen molar-refractivity contribution in [3.8, 4) is 0 Å². The molecule has 0 saturated carbocycles. The number of unbranched alkanes of at least 4 members (excludes halogenated alkanes) is 9. The second-order valence-electron chi connectivity index (χ2n) is 6.60. The van der Waals surface area contributed by atoms with Gasteiger partial charge in [0.1, 0.15) is 0 Å². The summed E-state index contributed by atoms with van der Waals surface area (Å²) in [7, 11) is 0. The molecule has 0 aliphatic heterocycles. The minimum absolute atomic E-state index is 0.0803. The summed E-state index contributed by atoms with van der Waals surface area (Å²) in [5.41, 5.74) is 0.872. The largest absolute Gasteiger partial charge is 0.326 e. The van der Waals surface area contributed by atoms with Crippen LogP contribution in [0, 0.1) is 0 Å². The van der Waals surface area contributed by atoms with E-state index in [0.29, 0.717) is 6.42 Å². The van der Waals surface area contributed by atoms with Gasteiger partial charge in [-0.3, -0.25) is 4.79 Å². The quantitative estimate of drug-likeness (QED) is 0.415. The normalized spacial score (nSPS) is 10.7. The van der Waals surface area contributed by atoms with Gasteiger partial charge in [-0.15, -0.1) is 0 Å². The highest BCUT2D eigenvalue weighted by molar-refractivity contribution is 5.90. The van der Waals surface area contributed by atoms with Gasteiger partial charge in [0.15, 0.2) is 0 Å². The van der Waals surface area contributed by atoms with E-state index in [1.807, 2.05) is 30.3 Å². The number of carbonyl (C=O) groups is 1. The zero-order chi connectivity index (χ0) is 17.3. The number of para-hydroxylation sites is 1. The first kappa shape index (κ1) is 20.7. The smallest absolute Gasteiger partial charge is 0.225 e. The Balaban J connectivity index is 1.81. The predicted octanol–water partition coefficient (Wildman–Crippen LogP) is 5.53.